The van der Waals surface area contributed by atoms with Crippen LogP contribution in [0.3, 0.4) is 0 Å². The predicted octanol–water partition coefficient (Wildman–Crippen LogP) is 2.05. The van der Waals surface area contributed by atoms with Gasteiger partial charge in [0.15, 0.2) is 0 Å². The van der Waals surface area contributed by atoms with Crippen LogP contribution in [0.2, 0.25) is 5.02 Å². The van der Waals surface area contributed by atoms with E-state index >= 15 is 0 Å². The zero-order valence-corrected chi connectivity index (χ0v) is 11.2. The first-order valence-corrected chi connectivity index (χ1v) is 6.28. The smallest absolute Gasteiger partial charge is 0.258 e. The van der Waals surface area contributed by atoms with E-state index in [0.717, 1.165) is 0 Å². The fourth-order valence-electron chi connectivity index (χ4n) is 1.49. The van der Waals surface area contributed by atoms with Gasteiger partial charge in [0.05, 0.1) is 29.1 Å². The second-order valence-electron chi connectivity index (χ2n) is 3.91. The van der Waals surface area contributed by atoms with E-state index in [2.05, 4.69) is 27.4 Å². The minimum absolute atomic E-state index is 0.0185. The van der Waals surface area contributed by atoms with Gasteiger partial charge < -0.3 is 10.4 Å². The molecule has 0 saturated heterocycles. The fourth-order valence-corrected chi connectivity index (χ4v) is 1.65. The molecule has 3 N–H and O–H groups in total. The molecule has 6 heteroatoms. The number of benzene rings is 1. The summed E-state index contributed by atoms with van der Waals surface area (Å²) < 4.78 is 0. The Morgan fingerprint density at radius 2 is 2.35 bits per heavy atom. The second kappa shape index (κ2) is 6.75. The Balaban J connectivity index is 2.17. The number of aromatic nitrogens is 2. The summed E-state index contributed by atoms with van der Waals surface area (Å²) in [5.74, 6) is 5.39. The number of hydrogen-bond acceptors (Lipinski definition) is 3. The van der Waals surface area contributed by atoms with E-state index < -0.39 is 0 Å². The molecule has 1 amide bonds. The molecule has 0 unspecified atom stereocenters. The van der Waals surface area contributed by atoms with E-state index in [0.29, 0.717) is 28.3 Å². The average Bonchev–Trinajstić information content (AvgIpc) is 2.97. The lowest BCUT2D eigenvalue weighted by Crippen LogP contribution is -2.11. The van der Waals surface area contributed by atoms with Crippen LogP contribution in [0.5, 0.6) is 0 Å². The third-order valence-electron chi connectivity index (χ3n) is 2.44. The van der Waals surface area contributed by atoms with Gasteiger partial charge in [-0.1, -0.05) is 23.4 Å². The van der Waals surface area contributed by atoms with Crippen molar-refractivity contribution in [2.75, 3.05) is 11.9 Å². The summed E-state index contributed by atoms with van der Waals surface area (Å²) in [4.78, 5) is 11.9. The highest BCUT2D eigenvalue weighted by Gasteiger charge is 2.09. The number of aromatic amines is 1. The summed E-state index contributed by atoms with van der Waals surface area (Å²) in [5, 5.41) is 18.1. The van der Waals surface area contributed by atoms with Gasteiger partial charge in [0.2, 0.25) is 0 Å². The molecule has 0 saturated carbocycles. The van der Waals surface area contributed by atoms with Gasteiger partial charge in [0.25, 0.3) is 5.91 Å². The molecule has 0 bridgehead atoms. The minimum atomic E-state index is -0.305. The van der Waals surface area contributed by atoms with Crippen molar-refractivity contribution in [2.45, 2.75) is 6.42 Å². The van der Waals surface area contributed by atoms with Crippen LogP contribution in [0.25, 0.3) is 0 Å². The van der Waals surface area contributed by atoms with Crippen molar-refractivity contribution >= 4 is 23.2 Å². The van der Waals surface area contributed by atoms with Crippen LogP contribution in [0.4, 0.5) is 5.69 Å². The standard InChI is InChI=1S/C14H12ClN3O2/c15-12-5-4-10(3-1-2-6-19)7-13(12)18-14(20)11-8-16-17-9-11/h4-5,7-9,19H,2,6H2,(H,16,17)(H,18,20). The summed E-state index contributed by atoms with van der Waals surface area (Å²) in [6.07, 6.45) is 3.32. The highest BCUT2D eigenvalue weighted by atomic mass is 35.5. The van der Waals surface area contributed by atoms with Gasteiger partial charge in [-0.2, -0.15) is 5.10 Å². The summed E-state index contributed by atoms with van der Waals surface area (Å²) in [6.45, 7) is 0.0185. The first kappa shape index (κ1) is 14.1. The second-order valence-corrected chi connectivity index (χ2v) is 4.32. The Kier molecular flexibility index (Phi) is 4.77. The molecule has 0 aliphatic heterocycles. The largest absolute Gasteiger partial charge is 0.395 e. The van der Waals surface area contributed by atoms with Crippen LogP contribution in [0, 0.1) is 11.8 Å². The topological polar surface area (TPSA) is 78.0 Å². The average molecular weight is 290 g/mol. The highest BCUT2D eigenvalue weighted by molar-refractivity contribution is 6.34. The molecule has 1 heterocycles. The SMILES string of the molecule is O=C(Nc1cc(C#CCCO)ccc1Cl)c1cn[nH]c1. The number of H-pyrrole nitrogens is 1. The lowest BCUT2D eigenvalue weighted by atomic mass is 10.2. The van der Waals surface area contributed by atoms with Gasteiger partial charge in [-0.15, -0.1) is 0 Å². The normalized spacial score (nSPS) is 9.70. The third-order valence-corrected chi connectivity index (χ3v) is 2.77. The summed E-state index contributed by atoms with van der Waals surface area (Å²) in [7, 11) is 0. The van der Waals surface area contributed by atoms with Crippen LogP contribution in [0.15, 0.2) is 30.6 Å². The van der Waals surface area contributed by atoms with Gasteiger partial charge in [-0.05, 0) is 18.2 Å². The zero-order chi connectivity index (χ0) is 14.4. The molecular formula is C14H12ClN3O2. The van der Waals surface area contributed by atoms with Crippen LogP contribution < -0.4 is 5.32 Å². The maximum Gasteiger partial charge on any atom is 0.258 e. The maximum atomic E-state index is 11.9. The molecule has 20 heavy (non-hydrogen) atoms. The van der Waals surface area contributed by atoms with E-state index in [1.165, 1.54) is 12.4 Å². The van der Waals surface area contributed by atoms with Gasteiger partial charge in [0.1, 0.15) is 0 Å². The van der Waals surface area contributed by atoms with Gasteiger partial charge in [-0.3, -0.25) is 9.89 Å². The summed E-state index contributed by atoms with van der Waals surface area (Å²) >= 11 is 6.04. The molecule has 102 valence electrons. The first-order valence-electron chi connectivity index (χ1n) is 5.90. The van der Waals surface area contributed by atoms with Crippen LogP contribution in [-0.4, -0.2) is 27.8 Å². The third kappa shape index (κ3) is 3.60. The van der Waals surface area contributed by atoms with Crippen molar-refractivity contribution in [3.05, 3.63) is 46.7 Å². The van der Waals surface area contributed by atoms with Gasteiger partial charge >= 0.3 is 0 Å². The van der Waals surface area contributed by atoms with Crippen LogP contribution >= 0.6 is 11.6 Å². The predicted molar refractivity (Wildman–Crippen MR) is 76.6 cm³/mol. The van der Waals surface area contributed by atoms with Crippen molar-refractivity contribution in [1.29, 1.82) is 0 Å². The number of nitrogens with zero attached hydrogens (tertiary/aromatic N) is 1. The molecular weight excluding hydrogens is 278 g/mol. The summed E-state index contributed by atoms with van der Waals surface area (Å²) in [6, 6.07) is 5.10. The lowest BCUT2D eigenvalue weighted by molar-refractivity contribution is 0.102. The quantitative estimate of drug-likeness (QED) is 0.757. The lowest BCUT2D eigenvalue weighted by Gasteiger charge is -2.06. The maximum absolute atomic E-state index is 11.9. The molecule has 1 aromatic carbocycles. The van der Waals surface area contributed by atoms with Crippen molar-refractivity contribution in [2.24, 2.45) is 0 Å². The van der Waals surface area contributed by atoms with Crippen LogP contribution in [-0.2, 0) is 0 Å². The number of aliphatic hydroxyl groups excluding tert-OH is 1. The van der Waals surface area contributed by atoms with E-state index in [1.807, 2.05) is 0 Å². The molecule has 0 fully saturated rings. The Morgan fingerprint density at radius 1 is 1.50 bits per heavy atom. The molecule has 0 atom stereocenters. The first-order chi connectivity index (χ1) is 9.70. The Bertz CT molecular complexity index is 657. The molecule has 5 nitrogen and oxygen atoms in total. The highest BCUT2D eigenvalue weighted by Crippen LogP contribution is 2.23. The fraction of sp³-hybridized carbons (Fsp3) is 0.143. The number of halogens is 1. The van der Waals surface area contributed by atoms with E-state index in [-0.39, 0.29) is 12.5 Å². The Labute approximate surface area is 121 Å². The number of carbonyl (C=O) groups excluding carboxylic acids is 1. The number of amides is 1. The molecule has 0 spiro atoms. The van der Waals surface area contributed by atoms with E-state index in [1.54, 1.807) is 18.2 Å². The number of hydrogen-bond donors (Lipinski definition) is 3. The number of anilines is 1. The molecule has 0 radical (unpaired) electrons. The number of rotatable bonds is 3. The van der Waals surface area contributed by atoms with Crippen molar-refractivity contribution in [3.63, 3.8) is 0 Å². The van der Waals surface area contributed by atoms with E-state index in [9.17, 15) is 4.79 Å². The molecule has 0 aliphatic carbocycles. The Morgan fingerprint density at radius 3 is 3.05 bits per heavy atom. The minimum Gasteiger partial charge on any atom is -0.395 e. The number of carbonyl (C=O) groups is 1. The Hall–Kier alpha value is -2.29. The molecule has 0 aliphatic rings. The van der Waals surface area contributed by atoms with Gasteiger partial charge in [-0.25, -0.2) is 0 Å². The molecule has 1 aromatic heterocycles. The summed E-state index contributed by atoms with van der Waals surface area (Å²) in [5.41, 5.74) is 1.61. The molecule has 2 rings (SSSR count). The van der Waals surface area contributed by atoms with Crippen LogP contribution in [0.1, 0.15) is 22.3 Å². The number of aliphatic hydroxyl groups is 1. The van der Waals surface area contributed by atoms with Crippen molar-refractivity contribution in [1.82, 2.24) is 10.2 Å². The zero-order valence-electron chi connectivity index (χ0n) is 10.5. The monoisotopic (exact) mass is 289 g/mol. The number of nitrogens with one attached hydrogen (secondary N) is 2. The van der Waals surface area contributed by atoms with Gasteiger partial charge in [0, 0.05) is 18.2 Å². The van der Waals surface area contributed by atoms with Crippen molar-refractivity contribution < 1.29 is 9.90 Å². The van der Waals surface area contributed by atoms with E-state index in [4.69, 9.17) is 16.7 Å². The van der Waals surface area contributed by atoms with Crippen molar-refractivity contribution in [3.8, 4) is 11.8 Å². The molecule has 2 aromatic rings.